The average Bonchev–Trinajstić information content (AvgIpc) is 3.00. The van der Waals surface area contributed by atoms with Gasteiger partial charge in [-0.2, -0.15) is 0 Å². The molecule has 1 aliphatic heterocycles. The summed E-state index contributed by atoms with van der Waals surface area (Å²) in [6.45, 7) is 7.90. The van der Waals surface area contributed by atoms with Crippen LogP contribution in [0.15, 0.2) is 24.3 Å². The van der Waals surface area contributed by atoms with Gasteiger partial charge >= 0.3 is 0 Å². The molecule has 2 unspecified atom stereocenters. The van der Waals surface area contributed by atoms with E-state index in [1.54, 1.807) is 0 Å². The number of benzene rings is 1. The predicted molar refractivity (Wildman–Crippen MR) is 82.5 cm³/mol. The van der Waals surface area contributed by atoms with Crippen LogP contribution < -0.4 is 10.1 Å². The maximum atomic E-state index is 5.92. The number of ether oxygens (including phenoxy) is 2. The van der Waals surface area contributed by atoms with E-state index in [2.05, 4.69) is 37.4 Å². The van der Waals surface area contributed by atoms with Gasteiger partial charge in [-0.1, -0.05) is 32.0 Å². The van der Waals surface area contributed by atoms with E-state index < -0.39 is 0 Å². The van der Waals surface area contributed by atoms with Gasteiger partial charge in [-0.3, -0.25) is 0 Å². The first-order valence-corrected chi connectivity index (χ1v) is 7.85. The topological polar surface area (TPSA) is 30.5 Å². The van der Waals surface area contributed by atoms with Gasteiger partial charge < -0.3 is 14.8 Å². The molecule has 112 valence electrons. The van der Waals surface area contributed by atoms with E-state index >= 15 is 0 Å². The third-order valence-electron chi connectivity index (χ3n) is 3.99. The number of nitrogens with one attached hydrogen (secondary N) is 1. The van der Waals surface area contributed by atoms with Gasteiger partial charge in [0.15, 0.2) is 0 Å². The quantitative estimate of drug-likeness (QED) is 0.739. The lowest BCUT2D eigenvalue weighted by Gasteiger charge is -2.16. The molecule has 0 aromatic heterocycles. The van der Waals surface area contributed by atoms with Crippen LogP contribution in [0, 0.1) is 0 Å². The summed E-state index contributed by atoms with van der Waals surface area (Å²) in [6.07, 6.45) is 3.93. The normalized spacial score (nSPS) is 20.0. The third-order valence-corrected chi connectivity index (χ3v) is 3.99. The first-order valence-electron chi connectivity index (χ1n) is 7.85. The summed E-state index contributed by atoms with van der Waals surface area (Å²) in [5.74, 6) is 1.58. The molecule has 1 aromatic rings. The molecule has 3 heteroatoms. The Morgan fingerprint density at radius 3 is 3.00 bits per heavy atom. The van der Waals surface area contributed by atoms with Gasteiger partial charge in [0.05, 0.1) is 6.10 Å². The van der Waals surface area contributed by atoms with E-state index in [-0.39, 0.29) is 0 Å². The monoisotopic (exact) mass is 277 g/mol. The Morgan fingerprint density at radius 2 is 2.25 bits per heavy atom. The van der Waals surface area contributed by atoms with Crippen molar-refractivity contribution < 1.29 is 9.47 Å². The molecule has 0 spiro atoms. The molecule has 1 saturated heterocycles. The smallest absolute Gasteiger partial charge is 0.122 e. The van der Waals surface area contributed by atoms with E-state index in [0.29, 0.717) is 18.6 Å². The van der Waals surface area contributed by atoms with E-state index in [9.17, 15) is 0 Å². The molecule has 0 radical (unpaired) electrons. The van der Waals surface area contributed by atoms with Crippen molar-refractivity contribution in [1.82, 2.24) is 5.32 Å². The fourth-order valence-electron chi connectivity index (χ4n) is 2.54. The lowest BCUT2D eigenvalue weighted by atomic mass is 9.98. The van der Waals surface area contributed by atoms with Crippen molar-refractivity contribution in [3.8, 4) is 5.75 Å². The molecule has 1 aromatic carbocycles. The molecule has 1 N–H and O–H groups in total. The number of hydrogen-bond acceptors (Lipinski definition) is 3. The van der Waals surface area contributed by atoms with Gasteiger partial charge in [0.25, 0.3) is 0 Å². The predicted octanol–water partition coefficient (Wildman–Crippen LogP) is 3.35. The first-order chi connectivity index (χ1) is 9.81. The molecule has 20 heavy (non-hydrogen) atoms. The SMILES string of the molecule is CCC(C)c1ccccc1OCCNCC1CCCO1. The average molecular weight is 277 g/mol. The van der Waals surface area contributed by atoms with E-state index in [4.69, 9.17) is 9.47 Å². The molecule has 0 saturated carbocycles. The van der Waals surface area contributed by atoms with Crippen molar-refractivity contribution in [2.45, 2.75) is 45.1 Å². The Labute approximate surface area is 122 Å². The molecule has 1 heterocycles. The maximum absolute atomic E-state index is 5.92. The summed E-state index contributed by atoms with van der Waals surface area (Å²) >= 11 is 0. The molecule has 0 aliphatic carbocycles. The minimum Gasteiger partial charge on any atom is -0.492 e. The van der Waals surface area contributed by atoms with Crippen molar-refractivity contribution in [3.63, 3.8) is 0 Å². The van der Waals surface area contributed by atoms with Crippen LogP contribution in [-0.2, 0) is 4.74 Å². The minimum atomic E-state index is 0.405. The first kappa shape index (κ1) is 15.3. The van der Waals surface area contributed by atoms with Crippen molar-refractivity contribution in [2.75, 3.05) is 26.3 Å². The zero-order valence-electron chi connectivity index (χ0n) is 12.7. The van der Waals surface area contributed by atoms with Crippen molar-refractivity contribution in [1.29, 1.82) is 0 Å². The molecule has 1 fully saturated rings. The van der Waals surface area contributed by atoms with Crippen LogP contribution in [0.25, 0.3) is 0 Å². The molecule has 2 atom stereocenters. The second-order valence-electron chi connectivity index (χ2n) is 5.53. The van der Waals surface area contributed by atoms with Crippen molar-refractivity contribution in [3.05, 3.63) is 29.8 Å². The Morgan fingerprint density at radius 1 is 1.40 bits per heavy atom. The largest absolute Gasteiger partial charge is 0.492 e. The van der Waals surface area contributed by atoms with Gasteiger partial charge in [0, 0.05) is 19.7 Å². The maximum Gasteiger partial charge on any atom is 0.122 e. The summed E-state index contributed by atoms with van der Waals surface area (Å²) in [7, 11) is 0. The van der Waals surface area contributed by atoms with Gasteiger partial charge in [-0.15, -0.1) is 0 Å². The Balaban J connectivity index is 1.70. The Kier molecular flexibility index (Phi) is 6.34. The van der Waals surface area contributed by atoms with Crippen LogP contribution in [-0.4, -0.2) is 32.4 Å². The standard InChI is InChI=1S/C17H27NO2/c1-3-14(2)16-8-4-5-9-17(16)20-12-10-18-13-15-7-6-11-19-15/h4-5,8-9,14-15,18H,3,6-7,10-13H2,1-2H3. The molecule has 0 amide bonds. The summed E-state index contributed by atoms with van der Waals surface area (Å²) in [6, 6.07) is 8.37. The third kappa shape index (κ3) is 4.50. The van der Waals surface area contributed by atoms with Gasteiger partial charge in [0.2, 0.25) is 0 Å². The highest BCUT2D eigenvalue weighted by Gasteiger charge is 2.14. The van der Waals surface area contributed by atoms with Crippen molar-refractivity contribution in [2.24, 2.45) is 0 Å². The summed E-state index contributed by atoms with van der Waals surface area (Å²) in [5.41, 5.74) is 1.31. The highest BCUT2D eigenvalue weighted by Crippen LogP contribution is 2.28. The fraction of sp³-hybridized carbons (Fsp3) is 0.647. The van der Waals surface area contributed by atoms with Crippen LogP contribution >= 0.6 is 0 Å². The van der Waals surface area contributed by atoms with Gasteiger partial charge in [-0.05, 0) is 36.8 Å². The lowest BCUT2D eigenvalue weighted by molar-refractivity contribution is 0.109. The van der Waals surface area contributed by atoms with E-state index in [0.717, 1.165) is 31.9 Å². The Hall–Kier alpha value is -1.06. The highest BCUT2D eigenvalue weighted by atomic mass is 16.5. The van der Waals surface area contributed by atoms with Crippen LogP contribution in [0.1, 0.15) is 44.6 Å². The second-order valence-corrected chi connectivity index (χ2v) is 5.53. The van der Waals surface area contributed by atoms with Crippen molar-refractivity contribution >= 4 is 0 Å². The lowest BCUT2D eigenvalue weighted by Crippen LogP contribution is -2.29. The molecule has 1 aliphatic rings. The zero-order chi connectivity index (χ0) is 14.2. The molecular weight excluding hydrogens is 250 g/mol. The number of rotatable bonds is 8. The highest BCUT2D eigenvalue weighted by molar-refractivity contribution is 5.35. The zero-order valence-corrected chi connectivity index (χ0v) is 12.7. The van der Waals surface area contributed by atoms with E-state index in [1.165, 1.54) is 18.4 Å². The van der Waals surface area contributed by atoms with Crippen LogP contribution in [0.2, 0.25) is 0 Å². The Bertz CT molecular complexity index is 388. The summed E-state index contributed by atoms with van der Waals surface area (Å²) < 4.78 is 11.5. The number of hydrogen-bond donors (Lipinski definition) is 1. The summed E-state index contributed by atoms with van der Waals surface area (Å²) in [5, 5.41) is 3.41. The van der Waals surface area contributed by atoms with Gasteiger partial charge in [0.1, 0.15) is 12.4 Å². The van der Waals surface area contributed by atoms with E-state index in [1.807, 2.05) is 6.07 Å². The fourth-order valence-corrected chi connectivity index (χ4v) is 2.54. The molecule has 2 rings (SSSR count). The molecule has 0 bridgehead atoms. The van der Waals surface area contributed by atoms with Gasteiger partial charge in [-0.25, -0.2) is 0 Å². The van der Waals surface area contributed by atoms with Crippen LogP contribution in [0.5, 0.6) is 5.75 Å². The molecule has 3 nitrogen and oxygen atoms in total. The second kappa shape index (κ2) is 8.28. The molecular formula is C17H27NO2. The minimum absolute atomic E-state index is 0.405. The number of para-hydroxylation sites is 1. The van der Waals surface area contributed by atoms with Crippen LogP contribution in [0.4, 0.5) is 0 Å². The summed E-state index contributed by atoms with van der Waals surface area (Å²) in [4.78, 5) is 0. The van der Waals surface area contributed by atoms with Crippen LogP contribution in [0.3, 0.4) is 0 Å².